The normalized spacial score (nSPS) is 11.8. The van der Waals surface area contributed by atoms with Crippen molar-refractivity contribution in [2.24, 2.45) is 0 Å². The Labute approximate surface area is 137 Å². The molecule has 0 unspecified atom stereocenters. The average Bonchev–Trinajstić information content (AvgIpc) is 2.50. The van der Waals surface area contributed by atoms with Gasteiger partial charge in [-0.05, 0) is 49.6 Å². The Hall–Kier alpha value is -1.46. The first-order valence-corrected chi connectivity index (χ1v) is 8.48. The van der Waals surface area contributed by atoms with Crippen LogP contribution in [-0.4, -0.2) is 18.3 Å². The van der Waals surface area contributed by atoms with Crippen LogP contribution < -0.4 is 10.1 Å². The van der Waals surface area contributed by atoms with E-state index in [1.807, 2.05) is 54.8 Å². The molecule has 110 valence electrons. The molecule has 0 saturated carbocycles. The first-order valence-electron chi connectivity index (χ1n) is 6.46. The molecule has 5 heteroatoms. The van der Waals surface area contributed by atoms with Crippen molar-refractivity contribution >= 4 is 39.3 Å². The summed E-state index contributed by atoms with van der Waals surface area (Å²) in [6, 6.07) is 15.1. The second-order valence-electron chi connectivity index (χ2n) is 4.40. The van der Waals surface area contributed by atoms with Crippen LogP contribution in [0.15, 0.2) is 57.9 Å². The number of anilines is 1. The van der Waals surface area contributed by atoms with E-state index in [0.717, 1.165) is 15.1 Å². The number of carbonyl (C=O) groups excluding carboxylic acids is 1. The van der Waals surface area contributed by atoms with Gasteiger partial charge in [0.05, 0.1) is 5.69 Å². The predicted octanol–water partition coefficient (Wildman–Crippen LogP) is 4.58. The van der Waals surface area contributed by atoms with Crippen molar-refractivity contribution in [1.29, 1.82) is 0 Å². The van der Waals surface area contributed by atoms with E-state index in [4.69, 9.17) is 4.74 Å². The molecule has 3 nitrogen and oxygen atoms in total. The Kier molecular flexibility index (Phi) is 5.70. The fraction of sp³-hybridized carbons (Fsp3) is 0.188. The number of ether oxygens (including phenoxy) is 1. The van der Waals surface area contributed by atoms with Crippen LogP contribution in [0.5, 0.6) is 5.75 Å². The molecule has 0 aromatic heterocycles. The molecule has 21 heavy (non-hydrogen) atoms. The van der Waals surface area contributed by atoms with Gasteiger partial charge in [0.25, 0.3) is 5.91 Å². The summed E-state index contributed by atoms with van der Waals surface area (Å²) < 4.78 is 6.61. The van der Waals surface area contributed by atoms with E-state index >= 15 is 0 Å². The minimum atomic E-state index is -0.568. The van der Waals surface area contributed by atoms with Crippen molar-refractivity contribution in [3.63, 3.8) is 0 Å². The second kappa shape index (κ2) is 7.52. The standard InChI is InChI=1S/C16H16BrNO2S/c1-11(20-13-9-7-12(17)8-10-13)16(19)18-14-5-3-4-6-15(14)21-2/h3-11H,1-2H3,(H,18,19)/t11-/m1/s1. The van der Waals surface area contributed by atoms with E-state index in [0.29, 0.717) is 5.75 Å². The van der Waals surface area contributed by atoms with Crippen molar-refractivity contribution in [2.45, 2.75) is 17.9 Å². The molecule has 0 aliphatic rings. The van der Waals surface area contributed by atoms with Crippen LogP contribution in [0.3, 0.4) is 0 Å². The molecule has 0 bridgehead atoms. The highest BCUT2D eigenvalue weighted by Gasteiger charge is 2.16. The van der Waals surface area contributed by atoms with E-state index in [2.05, 4.69) is 21.2 Å². The van der Waals surface area contributed by atoms with Gasteiger partial charge in [-0.15, -0.1) is 11.8 Å². The molecule has 2 rings (SSSR count). The summed E-state index contributed by atoms with van der Waals surface area (Å²) in [5.41, 5.74) is 0.807. The van der Waals surface area contributed by atoms with Crippen molar-refractivity contribution in [2.75, 3.05) is 11.6 Å². The lowest BCUT2D eigenvalue weighted by molar-refractivity contribution is -0.122. The maximum atomic E-state index is 12.2. The van der Waals surface area contributed by atoms with Crippen LogP contribution in [-0.2, 0) is 4.79 Å². The number of hydrogen-bond acceptors (Lipinski definition) is 3. The second-order valence-corrected chi connectivity index (χ2v) is 6.17. The van der Waals surface area contributed by atoms with Crippen molar-refractivity contribution in [1.82, 2.24) is 0 Å². The number of nitrogens with one attached hydrogen (secondary N) is 1. The number of para-hydroxylation sites is 1. The molecular formula is C16H16BrNO2S. The third kappa shape index (κ3) is 4.51. The van der Waals surface area contributed by atoms with Gasteiger partial charge in [-0.1, -0.05) is 28.1 Å². The molecule has 0 aliphatic carbocycles. The molecule has 0 radical (unpaired) electrons. The summed E-state index contributed by atoms with van der Waals surface area (Å²) in [7, 11) is 0. The van der Waals surface area contributed by atoms with E-state index in [1.54, 1.807) is 18.7 Å². The molecule has 0 saturated heterocycles. The van der Waals surface area contributed by atoms with Gasteiger partial charge in [0.15, 0.2) is 6.10 Å². The highest BCUT2D eigenvalue weighted by molar-refractivity contribution is 9.10. The summed E-state index contributed by atoms with van der Waals surface area (Å²) in [6.45, 7) is 1.74. The minimum absolute atomic E-state index is 0.167. The van der Waals surface area contributed by atoms with Crippen LogP contribution >= 0.6 is 27.7 Å². The molecule has 0 fully saturated rings. The number of carbonyl (C=O) groups is 1. The lowest BCUT2D eigenvalue weighted by Gasteiger charge is -2.16. The number of amides is 1. The summed E-state index contributed by atoms with van der Waals surface area (Å²) in [5, 5.41) is 2.90. The lowest BCUT2D eigenvalue weighted by Crippen LogP contribution is -2.30. The molecule has 0 heterocycles. The number of halogens is 1. The van der Waals surface area contributed by atoms with Gasteiger partial charge in [0.1, 0.15) is 5.75 Å². The zero-order valence-corrected chi connectivity index (χ0v) is 14.2. The van der Waals surface area contributed by atoms with Crippen LogP contribution in [0.25, 0.3) is 0 Å². The largest absolute Gasteiger partial charge is 0.481 e. The Bertz CT molecular complexity index is 616. The summed E-state index contributed by atoms with van der Waals surface area (Å²) in [6.07, 6.45) is 1.41. The number of benzene rings is 2. The van der Waals surface area contributed by atoms with Crippen LogP contribution in [0.2, 0.25) is 0 Å². The fourth-order valence-electron chi connectivity index (χ4n) is 1.75. The van der Waals surface area contributed by atoms with Gasteiger partial charge in [0.2, 0.25) is 0 Å². The molecule has 0 spiro atoms. The van der Waals surface area contributed by atoms with Gasteiger partial charge >= 0.3 is 0 Å². The number of rotatable bonds is 5. The van der Waals surface area contributed by atoms with E-state index in [9.17, 15) is 4.79 Å². The van der Waals surface area contributed by atoms with Crippen molar-refractivity contribution < 1.29 is 9.53 Å². The minimum Gasteiger partial charge on any atom is -0.481 e. The number of hydrogen-bond donors (Lipinski definition) is 1. The quantitative estimate of drug-likeness (QED) is 0.788. The summed E-state index contributed by atoms with van der Waals surface area (Å²) in [5.74, 6) is 0.499. The van der Waals surface area contributed by atoms with Gasteiger partial charge in [-0.3, -0.25) is 4.79 Å². The molecule has 2 aromatic rings. The van der Waals surface area contributed by atoms with Gasteiger partial charge < -0.3 is 10.1 Å². The van der Waals surface area contributed by atoms with Gasteiger partial charge in [0, 0.05) is 9.37 Å². The van der Waals surface area contributed by atoms with E-state index < -0.39 is 6.10 Å². The molecule has 2 aromatic carbocycles. The Morgan fingerprint density at radius 2 is 1.86 bits per heavy atom. The number of thioether (sulfide) groups is 1. The molecule has 1 atom stereocenters. The highest BCUT2D eigenvalue weighted by Crippen LogP contribution is 2.25. The van der Waals surface area contributed by atoms with Crippen LogP contribution in [0, 0.1) is 0 Å². The molecule has 0 aliphatic heterocycles. The third-order valence-electron chi connectivity index (χ3n) is 2.86. The van der Waals surface area contributed by atoms with Crippen molar-refractivity contribution in [3.05, 3.63) is 53.0 Å². The van der Waals surface area contributed by atoms with Crippen LogP contribution in [0.4, 0.5) is 5.69 Å². The van der Waals surface area contributed by atoms with Gasteiger partial charge in [-0.2, -0.15) is 0 Å². The third-order valence-corrected chi connectivity index (χ3v) is 4.19. The zero-order chi connectivity index (χ0) is 15.2. The van der Waals surface area contributed by atoms with E-state index in [1.165, 1.54) is 0 Å². The lowest BCUT2D eigenvalue weighted by atomic mass is 10.3. The van der Waals surface area contributed by atoms with Gasteiger partial charge in [-0.25, -0.2) is 0 Å². The molecule has 1 amide bonds. The highest BCUT2D eigenvalue weighted by atomic mass is 79.9. The van der Waals surface area contributed by atoms with Crippen molar-refractivity contribution in [3.8, 4) is 5.75 Å². The topological polar surface area (TPSA) is 38.3 Å². The predicted molar refractivity (Wildman–Crippen MR) is 91.1 cm³/mol. The summed E-state index contributed by atoms with van der Waals surface area (Å²) >= 11 is 4.96. The smallest absolute Gasteiger partial charge is 0.265 e. The average molecular weight is 366 g/mol. The SMILES string of the molecule is CSc1ccccc1NC(=O)[C@@H](C)Oc1ccc(Br)cc1. The maximum Gasteiger partial charge on any atom is 0.265 e. The van der Waals surface area contributed by atoms with Crippen LogP contribution in [0.1, 0.15) is 6.92 Å². The first kappa shape index (κ1) is 15.9. The van der Waals surface area contributed by atoms with E-state index in [-0.39, 0.29) is 5.91 Å². The molecule has 1 N–H and O–H groups in total. The molecular weight excluding hydrogens is 350 g/mol. The zero-order valence-electron chi connectivity index (χ0n) is 11.8. The fourth-order valence-corrected chi connectivity index (χ4v) is 2.57. The Balaban J connectivity index is 2.01. The Morgan fingerprint density at radius 3 is 2.52 bits per heavy atom. The summed E-state index contributed by atoms with van der Waals surface area (Å²) in [4.78, 5) is 13.2. The maximum absolute atomic E-state index is 12.2. The first-order chi connectivity index (χ1) is 10.1. The Morgan fingerprint density at radius 1 is 1.19 bits per heavy atom. The monoisotopic (exact) mass is 365 g/mol.